The van der Waals surface area contributed by atoms with E-state index in [1.807, 2.05) is 30.9 Å². The maximum absolute atomic E-state index is 6.21. The number of hydrogen-bond acceptors (Lipinski definition) is 2. The molecule has 2 rings (SSSR count). The van der Waals surface area contributed by atoms with Crippen LogP contribution in [-0.4, -0.2) is 9.78 Å². The van der Waals surface area contributed by atoms with Crippen molar-refractivity contribution in [3.8, 4) is 0 Å². The minimum atomic E-state index is 0.720. The fraction of sp³-hybridized carbons (Fsp3) is 0.357. The summed E-state index contributed by atoms with van der Waals surface area (Å²) in [5.74, 6) is 0. The number of hydrogen-bond donors (Lipinski definition) is 1. The first-order chi connectivity index (χ1) is 8.60. The van der Waals surface area contributed by atoms with Gasteiger partial charge in [-0.2, -0.15) is 5.10 Å². The van der Waals surface area contributed by atoms with Crippen LogP contribution in [0.1, 0.15) is 23.7 Å². The molecule has 1 N–H and O–H groups in total. The second kappa shape index (κ2) is 5.44. The van der Waals surface area contributed by atoms with Crippen LogP contribution in [0, 0.1) is 6.92 Å². The van der Waals surface area contributed by atoms with Crippen LogP contribution in [0.15, 0.2) is 24.4 Å². The number of aromatic nitrogens is 2. The molecule has 0 radical (unpaired) electrons. The maximum atomic E-state index is 6.21. The van der Waals surface area contributed by atoms with Gasteiger partial charge >= 0.3 is 0 Å². The Morgan fingerprint density at radius 1 is 1.39 bits per heavy atom. The SMILES string of the molecule is CCc1nn(C)cc1NCc1ccc(C)cc1Cl. The van der Waals surface area contributed by atoms with E-state index < -0.39 is 0 Å². The highest BCUT2D eigenvalue weighted by atomic mass is 35.5. The van der Waals surface area contributed by atoms with Crippen molar-refractivity contribution in [1.29, 1.82) is 0 Å². The molecule has 3 nitrogen and oxygen atoms in total. The molecule has 0 amide bonds. The first kappa shape index (κ1) is 13.0. The van der Waals surface area contributed by atoms with E-state index in [1.165, 1.54) is 5.56 Å². The smallest absolute Gasteiger partial charge is 0.0853 e. The average Bonchev–Trinajstić information content (AvgIpc) is 2.68. The highest BCUT2D eigenvalue weighted by molar-refractivity contribution is 6.31. The molecule has 0 atom stereocenters. The van der Waals surface area contributed by atoms with Crippen molar-refractivity contribution >= 4 is 17.3 Å². The Balaban J connectivity index is 2.11. The third-order valence-corrected chi connectivity index (χ3v) is 3.27. The fourth-order valence-electron chi connectivity index (χ4n) is 1.93. The van der Waals surface area contributed by atoms with Crippen molar-refractivity contribution < 1.29 is 0 Å². The Morgan fingerprint density at radius 2 is 2.17 bits per heavy atom. The highest BCUT2D eigenvalue weighted by Gasteiger charge is 2.06. The summed E-state index contributed by atoms with van der Waals surface area (Å²) in [6.07, 6.45) is 2.92. The van der Waals surface area contributed by atoms with Crippen LogP contribution in [0.25, 0.3) is 0 Å². The van der Waals surface area contributed by atoms with Crippen molar-refractivity contribution in [3.63, 3.8) is 0 Å². The zero-order chi connectivity index (χ0) is 13.1. The Hall–Kier alpha value is -1.48. The van der Waals surface area contributed by atoms with Crippen molar-refractivity contribution in [2.45, 2.75) is 26.8 Å². The van der Waals surface area contributed by atoms with Crippen molar-refractivity contribution in [2.24, 2.45) is 7.05 Å². The molecule has 1 aromatic heterocycles. The predicted octanol–water partition coefficient (Wildman–Crippen LogP) is 3.56. The summed E-state index contributed by atoms with van der Waals surface area (Å²) in [4.78, 5) is 0. The van der Waals surface area contributed by atoms with Gasteiger partial charge in [0.2, 0.25) is 0 Å². The number of nitrogens with zero attached hydrogens (tertiary/aromatic N) is 2. The van der Waals surface area contributed by atoms with E-state index in [9.17, 15) is 0 Å². The Labute approximate surface area is 113 Å². The molecule has 0 aliphatic heterocycles. The zero-order valence-electron chi connectivity index (χ0n) is 11.0. The predicted molar refractivity (Wildman–Crippen MR) is 76.1 cm³/mol. The number of aryl methyl sites for hydroxylation is 3. The average molecular weight is 264 g/mol. The van der Waals surface area contributed by atoms with Gasteiger partial charge in [0.1, 0.15) is 0 Å². The monoisotopic (exact) mass is 263 g/mol. The molecule has 0 fully saturated rings. The van der Waals surface area contributed by atoms with E-state index in [4.69, 9.17) is 11.6 Å². The van der Waals surface area contributed by atoms with Gasteiger partial charge in [0.25, 0.3) is 0 Å². The molecule has 96 valence electrons. The minimum Gasteiger partial charge on any atom is -0.378 e. The molecule has 0 aliphatic carbocycles. The molecule has 1 aromatic carbocycles. The van der Waals surface area contributed by atoms with Crippen LogP contribution in [0.2, 0.25) is 5.02 Å². The summed E-state index contributed by atoms with van der Waals surface area (Å²) in [5, 5.41) is 8.60. The highest BCUT2D eigenvalue weighted by Crippen LogP contribution is 2.20. The third-order valence-electron chi connectivity index (χ3n) is 2.92. The molecule has 2 aromatic rings. The second-order valence-corrected chi connectivity index (χ2v) is 4.87. The Morgan fingerprint density at radius 3 is 2.83 bits per heavy atom. The first-order valence-corrected chi connectivity index (χ1v) is 6.49. The molecule has 18 heavy (non-hydrogen) atoms. The second-order valence-electron chi connectivity index (χ2n) is 4.47. The quantitative estimate of drug-likeness (QED) is 0.914. The van der Waals surface area contributed by atoms with Crippen LogP contribution < -0.4 is 5.32 Å². The van der Waals surface area contributed by atoms with Crippen LogP contribution in [0.5, 0.6) is 0 Å². The largest absolute Gasteiger partial charge is 0.378 e. The van der Waals surface area contributed by atoms with Gasteiger partial charge in [0, 0.05) is 24.8 Å². The molecule has 0 saturated carbocycles. The molecule has 0 spiro atoms. The summed E-state index contributed by atoms with van der Waals surface area (Å²) in [6, 6.07) is 6.13. The number of halogens is 1. The number of anilines is 1. The number of nitrogens with one attached hydrogen (secondary N) is 1. The van der Waals surface area contributed by atoms with Crippen molar-refractivity contribution in [3.05, 3.63) is 46.2 Å². The lowest BCUT2D eigenvalue weighted by Crippen LogP contribution is -2.01. The van der Waals surface area contributed by atoms with Gasteiger partial charge in [0.05, 0.1) is 11.4 Å². The van der Waals surface area contributed by atoms with Gasteiger partial charge in [-0.15, -0.1) is 0 Å². The summed E-state index contributed by atoms with van der Waals surface area (Å²) < 4.78 is 1.83. The van der Waals surface area contributed by atoms with E-state index in [0.717, 1.165) is 34.9 Å². The summed E-state index contributed by atoms with van der Waals surface area (Å²) >= 11 is 6.21. The van der Waals surface area contributed by atoms with Gasteiger partial charge in [-0.25, -0.2) is 0 Å². The first-order valence-electron chi connectivity index (χ1n) is 6.11. The Kier molecular flexibility index (Phi) is 3.92. The number of benzene rings is 1. The van der Waals surface area contributed by atoms with Crippen molar-refractivity contribution in [2.75, 3.05) is 5.32 Å². The fourth-order valence-corrected chi connectivity index (χ4v) is 2.23. The normalized spacial score (nSPS) is 10.7. The lowest BCUT2D eigenvalue weighted by atomic mass is 10.1. The van der Waals surface area contributed by atoms with E-state index in [1.54, 1.807) is 0 Å². The van der Waals surface area contributed by atoms with Gasteiger partial charge in [0.15, 0.2) is 0 Å². The van der Waals surface area contributed by atoms with Crippen LogP contribution in [0.3, 0.4) is 0 Å². The lowest BCUT2D eigenvalue weighted by molar-refractivity contribution is 0.746. The van der Waals surface area contributed by atoms with Gasteiger partial charge in [-0.3, -0.25) is 4.68 Å². The molecule has 4 heteroatoms. The summed E-state index contributed by atoms with van der Waals surface area (Å²) in [5.41, 5.74) is 4.45. The molecule has 0 aliphatic rings. The molecule has 0 bridgehead atoms. The van der Waals surface area contributed by atoms with E-state index >= 15 is 0 Å². The Bertz CT molecular complexity index is 546. The van der Waals surface area contributed by atoms with Crippen LogP contribution >= 0.6 is 11.6 Å². The molecule has 1 heterocycles. The van der Waals surface area contributed by atoms with Gasteiger partial charge in [-0.1, -0.05) is 30.7 Å². The standard InChI is InChI=1S/C14H18ClN3/c1-4-13-14(9-18(3)17-13)16-8-11-6-5-10(2)7-12(11)15/h5-7,9,16H,4,8H2,1-3H3. The maximum Gasteiger partial charge on any atom is 0.0853 e. The van der Waals surface area contributed by atoms with Crippen LogP contribution in [0.4, 0.5) is 5.69 Å². The van der Waals surface area contributed by atoms with E-state index in [0.29, 0.717) is 0 Å². The van der Waals surface area contributed by atoms with Crippen LogP contribution in [-0.2, 0) is 20.0 Å². The molecule has 0 saturated heterocycles. The molecule has 0 unspecified atom stereocenters. The zero-order valence-corrected chi connectivity index (χ0v) is 11.8. The van der Waals surface area contributed by atoms with E-state index in [2.05, 4.69) is 29.5 Å². The summed E-state index contributed by atoms with van der Waals surface area (Å²) in [7, 11) is 1.93. The topological polar surface area (TPSA) is 29.9 Å². The molecular formula is C14H18ClN3. The lowest BCUT2D eigenvalue weighted by Gasteiger charge is -2.08. The number of rotatable bonds is 4. The van der Waals surface area contributed by atoms with Gasteiger partial charge in [-0.05, 0) is 30.5 Å². The van der Waals surface area contributed by atoms with Gasteiger partial charge < -0.3 is 5.32 Å². The molecular weight excluding hydrogens is 246 g/mol. The minimum absolute atomic E-state index is 0.720. The summed E-state index contributed by atoms with van der Waals surface area (Å²) in [6.45, 7) is 4.86. The van der Waals surface area contributed by atoms with E-state index in [-0.39, 0.29) is 0 Å². The van der Waals surface area contributed by atoms with Crippen molar-refractivity contribution in [1.82, 2.24) is 9.78 Å². The third kappa shape index (κ3) is 2.85.